The van der Waals surface area contributed by atoms with E-state index < -0.39 is 0 Å². The quantitative estimate of drug-likeness (QED) is 0.716. The number of carbonyl (C=O) groups excluding carboxylic acids is 1. The van der Waals surface area contributed by atoms with Crippen LogP contribution in [0.1, 0.15) is 18.2 Å². The molecule has 0 spiro atoms. The van der Waals surface area contributed by atoms with Crippen molar-refractivity contribution >= 4 is 39.8 Å². The van der Waals surface area contributed by atoms with Gasteiger partial charge in [0, 0.05) is 18.1 Å². The third-order valence-electron chi connectivity index (χ3n) is 3.06. The third kappa shape index (κ3) is 3.77. The number of aromatic nitrogens is 4. The number of hydrogen-bond acceptors (Lipinski definition) is 6. The van der Waals surface area contributed by atoms with Gasteiger partial charge in [0.05, 0.1) is 11.4 Å². The molecule has 0 aliphatic carbocycles. The average Bonchev–Trinajstić information content (AvgIpc) is 3.16. The molecule has 0 aliphatic heterocycles. The maximum Gasteiger partial charge on any atom is 0.230 e. The summed E-state index contributed by atoms with van der Waals surface area (Å²) in [5.74, 6) is 0.616. The number of nitrogens with zero attached hydrogens (tertiary/aromatic N) is 4. The average molecular weight is 345 g/mol. The smallest absolute Gasteiger partial charge is 0.230 e. The van der Waals surface area contributed by atoms with Crippen LogP contribution in [0.5, 0.6) is 0 Å². The molecule has 1 amide bonds. The number of aryl methyl sites for hydroxylation is 1. The van der Waals surface area contributed by atoms with Crippen LogP contribution in [0, 0.1) is 6.92 Å². The van der Waals surface area contributed by atoms with Crippen molar-refractivity contribution in [1.82, 2.24) is 20.2 Å². The standard InChI is InChI=1S/C15H15N5OS2/c1-10-4-3-5-13(6-10)20(11(2)21)15-18-12(8-23-15)7-22-14-16-9-17-19-14/h3-6,8-9H,7H2,1-2H3,(H,16,17,19). The number of anilines is 2. The van der Waals surface area contributed by atoms with E-state index in [2.05, 4.69) is 20.2 Å². The van der Waals surface area contributed by atoms with Crippen LogP contribution in [0.15, 0.2) is 41.1 Å². The fourth-order valence-electron chi connectivity index (χ4n) is 2.07. The van der Waals surface area contributed by atoms with E-state index in [9.17, 15) is 4.79 Å². The van der Waals surface area contributed by atoms with Crippen LogP contribution in [-0.2, 0) is 10.5 Å². The Kier molecular flexibility index (Phi) is 4.73. The second-order valence-electron chi connectivity index (χ2n) is 4.89. The van der Waals surface area contributed by atoms with Crippen LogP contribution in [0.4, 0.5) is 10.8 Å². The zero-order valence-electron chi connectivity index (χ0n) is 12.7. The van der Waals surface area contributed by atoms with E-state index in [1.54, 1.807) is 11.8 Å². The van der Waals surface area contributed by atoms with Gasteiger partial charge in [-0.25, -0.2) is 9.97 Å². The molecule has 2 heterocycles. The Hall–Kier alpha value is -2.19. The summed E-state index contributed by atoms with van der Waals surface area (Å²) in [5, 5.41) is 10.0. The lowest BCUT2D eigenvalue weighted by molar-refractivity contribution is -0.115. The number of carbonyl (C=O) groups is 1. The van der Waals surface area contributed by atoms with E-state index >= 15 is 0 Å². The van der Waals surface area contributed by atoms with Crippen LogP contribution in [-0.4, -0.2) is 26.1 Å². The van der Waals surface area contributed by atoms with Gasteiger partial charge in [0.2, 0.25) is 5.91 Å². The van der Waals surface area contributed by atoms with Gasteiger partial charge in [0.25, 0.3) is 0 Å². The molecule has 0 saturated carbocycles. The molecule has 23 heavy (non-hydrogen) atoms. The maximum absolute atomic E-state index is 12.1. The van der Waals surface area contributed by atoms with Crippen LogP contribution in [0.2, 0.25) is 0 Å². The topological polar surface area (TPSA) is 74.8 Å². The number of nitrogens with one attached hydrogen (secondary N) is 1. The van der Waals surface area contributed by atoms with Crippen molar-refractivity contribution in [2.45, 2.75) is 24.8 Å². The van der Waals surface area contributed by atoms with Crippen molar-refractivity contribution in [3.8, 4) is 0 Å². The highest BCUT2D eigenvalue weighted by atomic mass is 32.2. The number of thiazole rings is 1. The summed E-state index contributed by atoms with van der Waals surface area (Å²) in [5.41, 5.74) is 2.85. The lowest BCUT2D eigenvalue weighted by Gasteiger charge is -2.18. The summed E-state index contributed by atoms with van der Waals surface area (Å²) in [6.07, 6.45) is 1.48. The molecule has 1 N–H and O–H groups in total. The fourth-order valence-corrected chi connectivity index (χ4v) is 3.73. The Morgan fingerprint density at radius 2 is 2.30 bits per heavy atom. The van der Waals surface area contributed by atoms with Gasteiger partial charge in [-0.1, -0.05) is 23.9 Å². The molecule has 0 radical (unpaired) electrons. The number of amides is 1. The number of benzene rings is 1. The van der Waals surface area contributed by atoms with Gasteiger partial charge < -0.3 is 0 Å². The number of H-pyrrole nitrogens is 1. The molecule has 0 unspecified atom stereocenters. The van der Waals surface area contributed by atoms with E-state index in [1.165, 1.54) is 29.4 Å². The molecule has 0 bridgehead atoms. The molecular formula is C15H15N5OS2. The minimum atomic E-state index is -0.0561. The molecule has 8 heteroatoms. The Morgan fingerprint density at radius 3 is 3.00 bits per heavy atom. The van der Waals surface area contributed by atoms with Crippen molar-refractivity contribution in [2.75, 3.05) is 4.90 Å². The predicted molar refractivity (Wildman–Crippen MR) is 92.1 cm³/mol. The first kappa shape index (κ1) is 15.7. The minimum Gasteiger partial charge on any atom is -0.274 e. The van der Waals surface area contributed by atoms with Gasteiger partial charge in [-0.05, 0) is 24.6 Å². The van der Waals surface area contributed by atoms with Crippen LogP contribution in [0.25, 0.3) is 0 Å². The monoisotopic (exact) mass is 345 g/mol. The lowest BCUT2D eigenvalue weighted by Crippen LogP contribution is -2.22. The molecule has 6 nitrogen and oxygen atoms in total. The summed E-state index contributed by atoms with van der Waals surface area (Å²) in [6.45, 7) is 3.55. The highest BCUT2D eigenvalue weighted by molar-refractivity contribution is 7.98. The van der Waals surface area contributed by atoms with E-state index in [4.69, 9.17) is 0 Å². The molecule has 0 aliphatic rings. The van der Waals surface area contributed by atoms with Gasteiger partial charge in [0.15, 0.2) is 10.3 Å². The zero-order chi connectivity index (χ0) is 16.2. The third-order valence-corrected chi connectivity index (χ3v) is 4.84. The Morgan fingerprint density at radius 1 is 1.43 bits per heavy atom. The van der Waals surface area contributed by atoms with Crippen molar-refractivity contribution in [3.05, 3.63) is 47.2 Å². The second kappa shape index (κ2) is 6.93. The minimum absolute atomic E-state index is 0.0561. The van der Waals surface area contributed by atoms with Gasteiger partial charge in [-0.2, -0.15) is 5.10 Å². The number of rotatable bonds is 5. The molecule has 0 atom stereocenters. The first-order valence-electron chi connectivity index (χ1n) is 6.93. The van der Waals surface area contributed by atoms with E-state index in [0.29, 0.717) is 10.9 Å². The maximum atomic E-state index is 12.1. The Balaban J connectivity index is 1.79. The van der Waals surface area contributed by atoms with Crippen molar-refractivity contribution < 1.29 is 4.79 Å². The summed E-state index contributed by atoms with van der Waals surface area (Å²) >= 11 is 2.98. The molecule has 0 fully saturated rings. The second-order valence-corrected chi connectivity index (χ2v) is 6.69. The lowest BCUT2D eigenvalue weighted by atomic mass is 10.2. The van der Waals surface area contributed by atoms with Gasteiger partial charge in [-0.3, -0.25) is 14.8 Å². The highest BCUT2D eigenvalue weighted by Crippen LogP contribution is 2.30. The first-order valence-corrected chi connectivity index (χ1v) is 8.80. The van der Waals surface area contributed by atoms with Gasteiger partial charge in [0.1, 0.15) is 6.33 Å². The zero-order valence-corrected chi connectivity index (χ0v) is 14.3. The number of hydrogen-bond donors (Lipinski definition) is 1. The predicted octanol–water partition coefficient (Wildman–Crippen LogP) is 3.55. The molecule has 0 saturated heterocycles. The summed E-state index contributed by atoms with van der Waals surface area (Å²) < 4.78 is 0. The SMILES string of the molecule is CC(=O)N(c1cccc(C)c1)c1nc(CSc2ncn[nH]2)cs1. The summed E-state index contributed by atoms with van der Waals surface area (Å²) in [7, 11) is 0. The molecule has 3 rings (SSSR count). The van der Waals surface area contributed by atoms with E-state index in [0.717, 1.165) is 22.1 Å². The van der Waals surface area contributed by atoms with Crippen LogP contribution >= 0.6 is 23.1 Å². The largest absolute Gasteiger partial charge is 0.274 e. The first-order chi connectivity index (χ1) is 11.1. The van der Waals surface area contributed by atoms with Crippen molar-refractivity contribution in [1.29, 1.82) is 0 Å². The molecule has 3 aromatic rings. The molecule has 2 aromatic heterocycles. The van der Waals surface area contributed by atoms with Gasteiger partial charge in [-0.15, -0.1) is 11.3 Å². The normalized spacial score (nSPS) is 10.7. The van der Waals surface area contributed by atoms with Crippen molar-refractivity contribution in [3.63, 3.8) is 0 Å². The number of thioether (sulfide) groups is 1. The Labute approximate surface area is 142 Å². The fraction of sp³-hybridized carbons (Fsp3) is 0.200. The molecule has 118 valence electrons. The highest BCUT2D eigenvalue weighted by Gasteiger charge is 2.18. The molecular weight excluding hydrogens is 330 g/mol. The van der Waals surface area contributed by atoms with Crippen molar-refractivity contribution in [2.24, 2.45) is 0 Å². The van der Waals surface area contributed by atoms with Crippen LogP contribution < -0.4 is 4.90 Å². The summed E-state index contributed by atoms with van der Waals surface area (Å²) in [4.78, 5) is 22.4. The van der Waals surface area contributed by atoms with Gasteiger partial charge >= 0.3 is 0 Å². The summed E-state index contributed by atoms with van der Waals surface area (Å²) in [6, 6.07) is 7.84. The molecule has 1 aromatic carbocycles. The van der Waals surface area contributed by atoms with Crippen LogP contribution in [0.3, 0.4) is 0 Å². The van der Waals surface area contributed by atoms with E-state index in [-0.39, 0.29) is 5.91 Å². The number of aromatic amines is 1. The Bertz CT molecular complexity index is 800. The van der Waals surface area contributed by atoms with E-state index in [1.807, 2.05) is 36.6 Å².